The monoisotopic (exact) mass is 361 g/mol. The lowest BCUT2D eigenvalue weighted by atomic mass is 10.2. The van der Waals surface area contributed by atoms with Gasteiger partial charge in [0.1, 0.15) is 4.88 Å². The molecule has 0 aliphatic heterocycles. The van der Waals surface area contributed by atoms with E-state index in [0.29, 0.717) is 17.1 Å². The van der Waals surface area contributed by atoms with Gasteiger partial charge in [-0.25, -0.2) is 0 Å². The van der Waals surface area contributed by atoms with E-state index in [9.17, 15) is 4.79 Å². The highest BCUT2D eigenvalue weighted by Gasteiger charge is 2.15. The number of rotatable bonds is 3. The molecule has 0 aliphatic rings. The van der Waals surface area contributed by atoms with Gasteiger partial charge in [-0.3, -0.25) is 9.78 Å². The summed E-state index contributed by atoms with van der Waals surface area (Å²) in [5, 5.41) is 3.77. The van der Waals surface area contributed by atoms with Gasteiger partial charge in [0, 0.05) is 28.8 Å². The highest BCUT2D eigenvalue weighted by atomic mass is 79.9. The summed E-state index contributed by atoms with van der Waals surface area (Å²) in [5.74, 6) is -0.156. The van der Waals surface area contributed by atoms with E-state index in [0.717, 1.165) is 20.1 Å². The van der Waals surface area contributed by atoms with Crippen LogP contribution in [0.5, 0.6) is 0 Å². The van der Waals surface area contributed by atoms with Crippen molar-refractivity contribution in [2.45, 2.75) is 6.54 Å². The largest absolute Gasteiger partial charge is 0.397 e. The van der Waals surface area contributed by atoms with Crippen molar-refractivity contribution in [3.05, 3.63) is 57.6 Å². The number of nitrogens with zero attached hydrogens (tertiary/aromatic N) is 1. The molecule has 0 radical (unpaired) electrons. The number of fused-ring (bicyclic) bond motifs is 1. The summed E-state index contributed by atoms with van der Waals surface area (Å²) < 4.78 is 1.93. The second-order valence-electron chi connectivity index (χ2n) is 4.53. The smallest absolute Gasteiger partial charge is 0.263 e. The third kappa shape index (κ3) is 2.91. The Labute approximate surface area is 134 Å². The van der Waals surface area contributed by atoms with Crippen LogP contribution in [0, 0.1) is 0 Å². The van der Waals surface area contributed by atoms with Gasteiger partial charge in [0.05, 0.1) is 10.4 Å². The molecule has 2 aromatic heterocycles. The van der Waals surface area contributed by atoms with Gasteiger partial charge in [-0.1, -0.05) is 28.1 Å². The molecule has 6 heteroatoms. The summed E-state index contributed by atoms with van der Waals surface area (Å²) >= 11 is 4.75. The summed E-state index contributed by atoms with van der Waals surface area (Å²) in [7, 11) is 0. The normalized spacial score (nSPS) is 10.7. The number of nitrogens with two attached hydrogens (primary N) is 1. The maximum Gasteiger partial charge on any atom is 0.263 e. The first-order valence-corrected chi connectivity index (χ1v) is 7.91. The SMILES string of the molecule is Nc1c(C(=O)NCc2ccc(Br)cc2)sc2cnccc12. The number of carbonyl (C=O) groups is 1. The zero-order chi connectivity index (χ0) is 14.8. The van der Waals surface area contributed by atoms with Gasteiger partial charge >= 0.3 is 0 Å². The van der Waals surface area contributed by atoms with Crippen LogP contribution in [0.2, 0.25) is 0 Å². The Hall–Kier alpha value is -1.92. The van der Waals surface area contributed by atoms with Gasteiger partial charge in [-0.15, -0.1) is 11.3 Å². The van der Waals surface area contributed by atoms with Crippen molar-refractivity contribution in [3.63, 3.8) is 0 Å². The molecule has 0 spiro atoms. The Morgan fingerprint density at radius 2 is 2.05 bits per heavy atom. The summed E-state index contributed by atoms with van der Waals surface area (Å²) in [4.78, 5) is 16.8. The summed E-state index contributed by atoms with van der Waals surface area (Å²) in [6.07, 6.45) is 3.40. The maximum atomic E-state index is 12.3. The van der Waals surface area contributed by atoms with Crippen molar-refractivity contribution in [3.8, 4) is 0 Å². The van der Waals surface area contributed by atoms with E-state index >= 15 is 0 Å². The zero-order valence-corrected chi connectivity index (χ0v) is 13.4. The lowest BCUT2D eigenvalue weighted by Crippen LogP contribution is -2.22. The summed E-state index contributed by atoms with van der Waals surface area (Å²) in [6.45, 7) is 0.470. The number of amides is 1. The van der Waals surface area contributed by atoms with Crippen molar-refractivity contribution in [1.29, 1.82) is 0 Å². The number of halogens is 1. The standard InChI is InChI=1S/C15H12BrN3OS/c16-10-3-1-9(2-4-10)7-19-15(20)14-13(17)11-5-6-18-8-12(11)21-14/h1-6,8H,7,17H2,(H,19,20). The van der Waals surface area contributed by atoms with E-state index in [2.05, 4.69) is 26.2 Å². The zero-order valence-electron chi connectivity index (χ0n) is 11.0. The quantitative estimate of drug-likeness (QED) is 0.749. The predicted octanol–water partition coefficient (Wildman–Crippen LogP) is 3.57. The molecule has 3 rings (SSSR count). The van der Waals surface area contributed by atoms with Crippen LogP contribution >= 0.6 is 27.3 Å². The third-order valence-electron chi connectivity index (χ3n) is 3.10. The average Bonchev–Trinajstić information content (AvgIpc) is 2.84. The average molecular weight is 362 g/mol. The Bertz CT molecular complexity index is 798. The Morgan fingerprint density at radius 3 is 2.76 bits per heavy atom. The first kappa shape index (κ1) is 14.0. The van der Waals surface area contributed by atoms with Crippen LogP contribution in [0.4, 0.5) is 5.69 Å². The van der Waals surface area contributed by atoms with Crippen LogP contribution in [0.1, 0.15) is 15.2 Å². The van der Waals surface area contributed by atoms with E-state index in [-0.39, 0.29) is 5.91 Å². The van der Waals surface area contributed by atoms with Crippen LogP contribution in [-0.4, -0.2) is 10.9 Å². The number of carbonyl (C=O) groups excluding carboxylic acids is 1. The minimum atomic E-state index is -0.156. The van der Waals surface area contributed by atoms with Crippen molar-refractivity contribution >= 4 is 48.9 Å². The van der Waals surface area contributed by atoms with Crippen molar-refractivity contribution in [2.75, 3.05) is 5.73 Å². The molecule has 0 bridgehead atoms. The van der Waals surface area contributed by atoms with Crippen LogP contribution < -0.4 is 11.1 Å². The van der Waals surface area contributed by atoms with Crippen LogP contribution in [0.3, 0.4) is 0 Å². The minimum Gasteiger partial charge on any atom is -0.397 e. The second-order valence-corrected chi connectivity index (χ2v) is 6.49. The molecule has 3 N–H and O–H groups in total. The number of aromatic nitrogens is 1. The van der Waals surface area contributed by atoms with Crippen molar-refractivity contribution in [2.24, 2.45) is 0 Å². The summed E-state index contributed by atoms with van der Waals surface area (Å²) in [6, 6.07) is 9.64. The van der Waals surface area contributed by atoms with Gasteiger partial charge in [-0.2, -0.15) is 0 Å². The molecule has 0 unspecified atom stereocenters. The predicted molar refractivity (Wildman–Crippen MR) is 89.3 cm³/mol. The first-order valence-electron chi connectivity index (χ1n) is 6.30. The van der Waals surface area contributed by atoms with Crippen molar-refractivity contribution < 1.29 is 4.79 Å². The molecule has 0 saturated heterocycles. The fraction of sp³-hybridized carbons (Fsp3) is 0.0667. The lowest BCUT2D eigenvalue weighted by molar-refractivity contribution is 0.0956. The number of nitrogens with one attached hydrogen (secondary N) is 1. The number of benzene rings is 1. The Morgan fingerprint density at radius 1 is 1.29 bits per heavy atom. The number of nitrogen functional groups attached to an aromatic ring is 1. The topological polar surface area (TPSA) is 68.0 Å². The molecule has 106 valence electrons. The molecule has 0 fully saturated rings. The molecule has 21 heavy (non-hydrogen) atoms. The Balaban J connectivity index is 1.78. The van der Waals surface area contributed by atoms with Gasteiger partial charge in [0.2, 0.25) is 0 Å². The maximum absolute atomic E-state index is 12.3. The molecular weight excluding hydrogens is 350 g/mol. The van der Waals surface area contributed by atoms with E-state index in [1.165, 1.54) is 11.3 Å². The number of hydrogen-bond donors (Lipinski definition) is 2. The van der Waals surface area contributed by atoms with Crippen LogP contribution in [-0.2, 0) is 6.54 Å². The molecule has 4 nitrogen and oxygen atoms in total. The fourth-order valence-corrected chi connectivity index (χ4v) is 3.28. The van der Waals surface area contributed by atoms with Gasteiger partial charge in [0.15, 0.2) is 0 Å². The first-order chi connectivity index (χ1) is 10.1. The minimum absolute atomic E-state index is 0.156. The molecule has 3 aromatic rings. The van der Waals surface area contributed by atoms with E-state index in [1.54, 1.807) is 12.4 Å². The molecule has 1 aromatic carbocycles. The van der Waals surface area contributed by atoms with E-state index in [4.69, 9.17) is 5.73 Å². The van der Waals surface area contributed by atoms with E-state index in [1.807, 2.05) is 30.3 Å². The number of pyridine rings is 1. The Kier molecular flexibility index (Phi) is 3.90. The summed E-state index contributed by atoms with van der Waals surface area (Å²) in [5.41, 5.74) is 7.60. The molecular formula is C15H12BrN3OS. The highest BCUT2D eigenvalue weighted by molar-refractivity contribution is 9.10. The van der Waals surface area contributed by atoms with Gasteiger partial charge in [-0.05, 0) is 23.8 Å². The number of hydrogen-bond acceptors (Lipinski definition) is 4. The second kappa shape index (κ2) is 5.83. The molecule has 0 saturated carbocycles. The van der Waals surface area contributed by atoms with Crippen molar-refractivity contribution in [1.82, 2.24) is 10.3 Å². The molecule has 0 atom stereocenters. The van der Waals surface area contributed by atoms with Gasteiger partial charge < -0.3 is 11.1 Å². The lowest BCUT2D eigenvalue weighted by Gasteiger charge is -2.05. The van der Waals surface area contributed by atoms with Crippen LogP contribution in [0.15, 0.2) is 47.2 Å². The number of anilines is 1. The molecule has 2 heterocycles. The molecule has 1 amide bonds. The fourth-order valence-electron chi connectivity index (χ4n) is 2.00. The van der Waals surface area contributed by atoms with E-state index < -0.39 is 0 Å². The third-order valence-corrected chi connectivity index (χ3v) is 4.79. The highest BCUT2D eigenvalue weighted by Crippen LogP contribution is 2.32. The number of thiophene rings is 1. The van der Waals surface area contributed by atoms with Crippen LogP contribution in [0.25, 0.3) is 10.1 Å². The molecule has 0 aliphatic carbocycles. The van der Waals surface area contributed by atoms with Gasteiger partial charge in [0.25, 0.3) is 5.91 Å².